The molecule has 0 atom stereocenters. The van der Waals surface area contributed by atoms with E-state index in [0.29, 0.717) is 0 Å². The van der Waals surface area contributed by atoms with Crippen LogP contribution in [-0.4, -0.2) is 21.9 Å². The maximum atomic E-state index is 7.88. The third kappa shape index (κ3) is 51.5. The molecule has 0 aromatic rings. The maximum absolute atomic E-state index is 7.88. The van der Waals surface area contributed by atoms with Gasteiger partial charge in [0.15, 0.2) is 0 Å². The van der Waals surface area contributed by atoms with E-state index in [2.05, 4.69) is 13.8 Å². The van der Waals surface area contributed by atoms with Crippen LogP contribution >= 0.6 is 46.4 Å². The molecule has 0 aliphatic heterocycles. The zero-order valence-corrected chi connectivity index (χ0v) is 11.8. The lowest BCUT2D eigenvalue weighted by molar-refractivity contribution is 0.313. The Labute approximate surface area is 108 Å². The Morgan fingerprint density at radius 2 is 1.21 bits per heavy atom. The smallest absolute Gasteiger partial charge is 0.130 e. The molecular formula is C9H20Cl4O. The molecule has 90 valence electrons. The summed E-state index contributed by atoms with van der Waals surface area (Å²) in [5.41, 5.74) is 0. The molecule has 0 saturated heterocycles. The molecule has 0 bridgehead atoms. The van der Waals surface area contributed by atoms with Crippen LogP contribution < -0.4 is 0 Å². The van der Waals surface area contributed by atoms with Gasteiger partial charge in [-0.15, -0.1) is 46.4 Å². The van der Waals surface area contributed by atoms with Crippen molar-refractivity contribution < 1.29 is 5.11 Å². The molecule has 0 heterocycles. The van der Waals surface area contributed by atoms with Crippen LogP contribution in [0.25, 0.3) is 0 Å². The number of hydrogen-bond acceptors (Lipinski definition) is 1. The molecule has 0 fully saturated rings. The number of halogens is 4. The van der Waals surface area contributed by atoms with E-state index in [-0.39, 0.29) is 11.9 Å². The summed E-state index contributed by atoms with van der Waals surface area (Å²) in [6.45, 7) is 4.30. The first-order chi connectivity index (χ1) is 6.60. The highest BCUT2D eigenvalue weighted by molar-refractivity contribution is 6.44. The second-order valence-electron chi connectivity index (χ2n) is 2.38. The topological polar surface area (TPSA) is 20.2 Å². The van der Waals surface area contributed by atoms with Gasteiger partial charge in [-0.2, -0.15) is 0 Å². The first kappa shape index (κ1) is 20.5. The Bertz CT molecular complexity index is 67.8. The average molecular weight is 286 g/mol. The molecule has 0 aliphatic rings. The second kappa shape index (κ2) is 23.7. The van der Waals surface area contributed by atoms with Crippen LogP contribution in [0, 0.1) is 0 Å². The standard InChI is InChI=1S/C6H14.C2H4Cl2O.CH2Cl2/c1-3-5-6-4-2;3-2(4)1-5;2-1-3/h3-6H2,1-2H3;2,5H,1H2;1H2. The minimum Gasteiger partial charge on any atom is -0.394 e. The van der Waals surface area contributed by atoms with Crippen molar-refractivity contribution >= 4 is 46.4 Å². The molecule has 1 nitrogen and oxygen atoms in total. The molecule has 0 saturated carbocycles. The summed E-state index contributed by atoms with van der Waals surface area (Å²) in [4.78, 5) is -0.616. The first-order valence-electron chi connectivity index (χ1n) is 4.61. The summed E-state index contributed by atoms with van der Waals surface area (Å²) < 4.78 is 0. The van der Waals surface area contributed by atoms with Gasteiger partial charge in [0.05, 0.1) is 11.9 Å². The number of aliphatic hydroxyl groups excluding tert-OH is 1. The molecule has 0 spiro atoms. The Kier molecular flexibility index (Phi) is 34.8. The van der Waals surface area contributed by atoms with Crippen molar-refractivity contribution in [3.05, 3.63) is 0 Å². The van der Waals surface area contributed by atoms with Gasteiger partial charge in [0.2, 0.25) is 0 Å². The predicted octanol–water partition coefficient (Wildman–Crippen LogP) is 4.79. The van der Waals surface area contributed by atoms with Crippen molar-refractivity contribution in [1.29, 1.82) is 0 Å². The summed E-state index contributed by atoms with van der Waals surface area (Å²) in [6.07, 6.45) is 5.54. The minimum atomic E-state index is -0.616. The number of alkyl halides is 4. The third-order valence-electron chi connectivity index (χ3n) is 1.10. The molecule has 0 aromatic heterocycles. The molecule has 1 N–H and O–H groups in total. The third-order valence-corrected chi connectivity index (χ3v) is 1.37. The Morgan fingerprint density at radius 1 is 1.00 bits per heavy atom. The zero-order chi connectivity index (χ0) is 11.8. The summed E-state index contributed by atoms with van der Waals surface area (Å²) in [5, 5.41) is 8.07. The molecular weight excluding hydrogens is 266 g/mol. The van der Waals surface area contributed by atoms with Crippen LogP contribution in [0.4, 0.5) is 0 Å². The molecule has 0 radical (unpaired) electrons. The summed E-state index contributed by atoms with van der Waals surface area (Å²) >= 11 is 19.5. The van der Waals surface area contributed by atoms with Crippen molar-refractivity contribution in [3.63, 3.8) is 0 Å². The summed E-state index contributed by atoms with van der Waals surface area (Å²) in [5.74, 6) is 0. The summed E-state index contributed by atoms with van der Waals surface area (Å²) in [6, 6.07) is 0. The fraction of sp³-hybridized carbons (Fsp3) is 1.00. The molecule has 14 heavy (non-hydrogen) atoms. The van der Waals surface area contributed by atoms with E-state index < -0.39 is 4.84 Å². The van der Waals surface area contributed by atoms with E-state index >= 15 is 0 Å². The van der Waals surface area contributed by atoms with Gasteiger partial charge in [0.25, 0.3) is 0 Å². The maximum Gasteiger partial charge on any atom is 0.130 e. The van der Waals surface area contributed by atoms with Gasteiger partial charge in [0.1, 0.15) is 4.84 Å². The fourth-order valence-corrected chi connectivity index (χ4v) is 0.500. The quantitative estimate of drug-likeness (QED) is 0.582. The van der Waals surface area contributed by atoms with E-state index in [1.165, 1.54) is 25.7 Å². The normalized spacial score (nSPS) is 8.57. The molecule has 0 unspecified atom stereocenters. The van der Waals surface area contributed by atoms with Crippen molar-refractivity contribution in [1.82, 2.24) is 0 Å². The lowest BCUT2D eigenvalue weighted by Crippen LogP contribution is -1.90. The average Bonchev–Trinajstić information content (AvgIpc) is 2.17. The SMILES string of the molecule is CCCCCC.ClCCl.OCC(Cl)Cl. The van der Waals surface area contributed by atoms with Crippen molar-refractivity contribution in [2.24, 2.45) is 0 Å². The van der Waals surface area contributed by atoms with Gasteiger partial charge in [0, 0.05) is 0 Å². The Hall–Kier alpha value is 1.12. The van der Waals surface area contributed by atoms with E-state index in [1.807, 2.05) is 0 Å². The predicted molar refractivity (Wildman–Crippen MR) is 69.0 cm³/mol. The van der Waals surface area contributed by atoms with Gasteiger partial charge in [-0.1, -0.05) is 39.5 Å². The fourth-order valence-electron chi connectivity index (χ4n) is 0.500. The monoisotopic (exact) mass is 284 g/mol. The van der Waals surface area contributed by atoms with Gasteiger partial charge < -0.3 is 5.11 Å². The minimum absolute atomic E-state index is 0.164. The molecule has 0 rings (SSSR count). The molecule has 0 aromatic carbocycles. The van der Waals surface area contributed by atoms with Crippen molar-refractivity contribution in [2.75, 3.05) is 11.9 Å². The van der Waals surface area contributed by atoms with E-state index in [0.717, 1.165) is 0 Å². The lowest BCUT2D eigenvalue weighted by Gasteiger charge is -1.86. The highest BCUT2D eigenvalue weighted by atomic mass is 35.5. The van der Waals surface area contributed by atoms with Crippen molar-refractivity contribution in [2.45, 2.75) is 44.4 Å². The largest absolute Gasteiger partial charge is 0.394 e. The molecule has 0 aliphatic carbocycles. The Balaban J connectivity index is -0.000000138. The zero-order valence-electron chi connectivity index (χ0n) is 8.78. The highest BCUT2D eigenvalue weighted by Gasteiger charge is 1.88. The van der Waals surface area contributed by atoms with Crippen LogP contribution in [0.15, 0.2) is 0 Å². The van der Waals surface area contributed by atoms with Crippen LogP contribution in [0.5, 0.6) is 0 Å². The van der Waals surface area contributed by atoms with E-state index in [9.17, 15) is 0 Å². The summed E-state index contributed by atoms with van der Waals surface area (Å²) in [7, 11) is 0. The van der Waals surface area contributed by atoms with E-state index in [4.69, 9.17) is 51.5 Å². The van der Waals surface area contributed by atoms with Crippen LogP contribution in [-0.2, 0) is 0 Å². The first-order valence-corrected chi connectivity index (χ1v) is 6.55. The lowest BCUT2D eigenvalue weighted by atomic mass is 10.2. The van der Waals surface area contributed by atoms with E-state index in [1.54, 1.807) is 0 Å². The van der Waals surface area contributed by atoms with Gasteiger partial charge in [-0.05, 0) is 0 Å². The molecule has 0 amide bonds. The number of rotatable bonds is 4. The van der Waals surface area contributed by atoms with Crippen LogP contribution in [0.2, 0.25) is 0 Å². The van der Waals surface area contributed by atoms with Crippen LogP contribution in [0.3, 0.4) is 0 Å². The van der Waals surface area contributed by atoms with Gasteiger partial charge in [-0.25, -0.2) is 0 Å². The number of aliphatic hydroxyl groups is 1. The molecule has 5 heteroatoms. The number of hydrogen-bond donors (Lipinski definition) is 1. The van der Waals surface area contributed by atoms with Gasteiger partial charge in [-0.3, -0.25) is 0 Å². The second-order valence-corrected chi connectivity index (χ2v) is 4.47. The van der Waals surface area contributed by atoms with Crippen LogP contribution in [0.1, 0.15) is 39.5 Å². The Morgan fingerprint density at radius 3 is 1.29 bits per heavy atom. The number of unbranched alkanes of at least 4 members (excludes halogenated alkanes) is 3. The van der Waals surface area contributed by atoms with Crippen molar-refractivity contribution in [3.8, 4) is 0 Å². The highest BCUT2D eigenvalue weighted by Crippen LogP contribution is 1.96. The van der Waals surface area contributed by atoms with Gasteiger partial charge >= 0.3 is 0 Å².